The predicted molar refractivity (Wildman–Crippen MR) is 90.6 cm³/mol. The van der Waals surface area contributed by atoms with Crippen molar-refractivity contribution in [2.75, 3.05) is 47.3 Å². The molecule has 1 N–H and O–H groups in total. The highest BCUT2D eigenvalue weighted by Crippen LogP contribution is 2.17. The summed E-state index contributed by atoms with van der Waals surface area (Å²) in [5.74, 6) is 0.965. The second-order valence-corrected chi connectivity index (χ2v) is 7.84. The van der Waals surface area contributed by atoms with Gasteiger partial charge in [-0.25, -0.2) is 0 Å². The Morgan fingerprint density at radius 3 is 2.17 bits per heavy atom. The molecule has 134 valence electrons. The van der Waals surface area contributed by atoms with Gasteiger partial charge in [-0.15, -0.1) is 0 Å². The molecule has 0 amide bonds. The van der Waals surface area contributed by atoms with E-state index in [1.54, 1.807) is 0 Å². The number of benzene rings is 1. The SMILES string of the molecule is C[N+](C)(C)CCC[NH+]1CCC(CCc2ccccc2)CC1.[Br-].[Br-]. The van der Waals surface area contributed by atoms with Gasteiger partial charge in [0.25, 0.3) is 0 Å². The Bertz CT molecular complexity index is 396. The summed E-state index contributed by atoms with van der Waals surface area (Å²) in [5, 5.41) is 0. The van der Waals surface area contributed by atoms with E-state index in [4.69, 9.17) is 0 Å². The normalized spacial score (nSPS) is 21.2. The molecule has 0 aliphatic carbocycles. The number of likely N-dealkylation sites (tertiary alicyclic amines) is 1. The molecular formula is C19H34Br2N2. The minimum Gasteiger partial charge on any atom is -1.00 e. The van der Waals surface area contributed by atoms with E-state index in [2.05, 4.69) is 51.5 Å². The molecule has 0 aromatic heterocycles. The topological polar surface area (TPSA) is 4.44 Å². The molecular weight excluding hydrogens is 416 g/mol. The van der Waals surface area contributed by atoms with Crippen molar-refractivity contribution in [2.24, 2.45) is 5.92 Å². The van der Waals surface area contributed by atoms with Crippen molar-refractivity contribution in [3.8, 4) is 0 Å². The lowest BCUT2D eigenvalue weighted by atomic mass is 9.90. The first-order valence-electron chi connectivity index (χ1n) is 8.71. The van der Waals surface area contributed by atoms with Crippen molar-refractivity contribution < 1.29 is 43.3 Å². The molecule has 0 saturated carbocycles. The van der Waals surface area contributed by atoms with Crippen molar-refractivity contribution in [1.82, 2.24) is 0 Å². The number of nitrogens with one attached hydrogen (secondary N) is 1. The van der Waals surface area contributed by atoms with Gasteiger partial charge in [0.15, 0.2) is 0 Å². The Labute approximate surface area is 164 Å². The van der Waals surface area contributed by atoms with Crippen LogP contribution in [-0.2, 0) is 6.42 Å². The lowest BCUT2D eigenvalue weighted by molar-refractivity contribution is -0.914. The number of quaternary nitrogens is 2. The lowest BCUT2D eigenvalue weighted by Gasteiger charge is -2.30. The Kier molecular flexibility index (Phi) is 11.7. The van der Waals surface area contributed by atoms with Crippen LogP contribution in [0.1, 0.15) is 31.2 Å². The minimum absolute atomic E-state index is 0. The summed E-state index contributed by atoms with van der Waals surface area (Å²) < 4.78 is 1.10. The third-order valence-corrected chi connectivity index (χ3v) is 4.86. The maximum Gasteiger partial charge on any atom is 0.0834 e. The van der Waals surface area contributed by atoms with Crippen LogP contribution in [0.15, 0.2) is 30.3 Å². The lowest BCUT2D eigenvalue weighted by Crippen LogP contribution is -3.13. The summed E-state index contributed by atoms with van der Waals surface area (Å²) in [4.78, 5) is 1.85. The molecule has 1 fully saturated rings. The van der Waals surface area contributed by atoms with E-state index in [1.165, 1.54) is 63.8 Å². The first-order chi connectivity index (χ1) is 10.0. The number of rotatable bonds is 7. The van der Waals surface area contributed by atoms with E-state index >= 15 is 0 Å². The van der Waals surface area contributed by atoms with Crippen LogP contribution in [0, 0.1) is 5.92 Å². The molecule has 1 aromatic carbocycles. The van der Waals surface area contributed by atoms with Crippen molar-refractivity contribution in [3.05, 3.63) is 35.9 Å². The van der Waals surface area contributed by atoms with Crippen LogP contribution in [0.3, 0.4) is 0 Å². The third-order valence-electron chi connectivity index (χ3n) is 4.86. The van der Waals surface area contributed by atoms with Gasteiger partial charge in [-0.05, 0) is 37.2 Å². The number of piperidine rings is 1. The zero-order valence-electron chi connectivity index (χ0n) is 15.0. The number of hydrogen-bond donors (Lipinski definition) is 1. The molecule has 1 saturated heterocycles. The number of nitrogens with zero attached hydrogens (tertiary/aromatic N) is 1. The first-order valence-corrected chi connectivity index (χ1v) is 8.71. The van der Waals surface area contributed by atoms with E-state index in [0.717, 1.165) is 10.4 Å². The Morgan fingerprint density at radius 1 is 1.00 bits per heavy atom. The smallest absolute Gasteiger partial charge is 0.0834 e. The zero-order valence-corrected chi connectivity index (χ0v) is 18.2. The van der Waals surface area contributed by atoms with Crippen molar-refractivity contribution >= 4 is 0 Å². The van der Waals surface area contributed by atoms with E-state index in [-0.39, 0.29) is 34.0 Å². The highest BCUT2D eigenvalue weighted by atomic mass is 79.9. The Balaban J connectivity index is 0.00000242. The van der Waals surface area contributed by atoms with Gasteiger partial charge in [0, 0.05) is 6.42 Å². The van der Waals surface area contributed by atoms with Crippen LogP contribution in [0.5, 0.6) is 0 Å². The van der Waals surface area contributed by atoms with Crippen LogP contribution >= 0.6 is 0 Å². The van der Waals surface area contributed by atoms with E-state index in [0.29, 0.717) is 0 Å². The van der Waals surface area contributed by atoms with E-state index in [9.17, 15) is 0 Å². The minimum atomic E-state index is 0. The summed E-state index contributed by atoms with van der Waals surface area (Å²) in [6.45, 7) is 5.48. The zero-order chi connectivity index (χ0) is 15.1. The predicted octanol–water partition coefficient (Wildman–Crippen LogP) is -3.98. The first kappa shape index (κ1) is 23.1. The highest BCUT2D eigenvalue weighted by Gasteiger charge is 2.22. The third kappa shape index (κ3) is 9.85. The molecule has 0 radical (unpaired) electrons. The second-order valence-electron chi connectivity index (χ2n) is 7.84. The summed E-state index contributed by atoms with van der Waals surface area (Å²) in [6.07, 6.45) is 6.89. The van der Waals surface area contributed by atoms with Gasteiger partial charge in [-0.2, -0.15) is 0 Å². The fraction of sp³-hybridized carbons (Fsp3) is 0.684. The van der Waals surface area contributed by atoms with Gasteiger partial charge < -0.3 is 43.3 Å². The van der Waals surface area contributed by atoms with Crippen LogP contribution in [0.4, 0.5) is 0 Å². The molecule has 0 bridgehead atoms. The molecule has 1 heterocycles. The molecule has 1 aliphatic heterocycles. The average Bonchev–Trinajstić information content (AvgIpc) is 2.46. The van der Waals surface area contributed by atoms with E-state index in [1.807, 2.05) is 4.90 Å². The largest absolute Gasteiger partial charge is 1.00 e. The van der Waals surface area contributed by atoms with Crippen molar-refractivity contribution in [3.63, 3.8) is 0 Å². The van der Waals surface area contributed by atoms with Crippen LogP contribution in [-0.4, -0.2) is 51.8 Å². The molecule has 23 heavy (non-hydrogen) atoms. The quantitative estimate of drug-likeness (QED) is 0.405. The van der Waals surface area contributed by atoms with Crippen LogP contribution in [0.25, 0.3) is 0 Å². The molecule has 1 aliphatic rings. The molecule has 0 unspecified atom stereocenters. The van der Waals surface area contributed by atoms with Gasteiger partial charge >= 0.3 is 0 Å². The van der Waals surface area contributed by atoms with Gasteiger partial charge in [0.1, 0.15) is 0 Å². The molecule has 2 nitrogen and oxygen atoms in total. The standard InChI is InChI=1S/C19H33N2.2BrH/c1-21(2,3)17-7-14-20-15-12-19(13-16-20)11-10-18-8-5-4-6-9-18;;/h4-6,8-9,19H,7,10-17H2,1-3H3;2*1H/q+1;;/p-1. The number of aryl methyl sites for hydroxylation is 1. The van der Waals surface area contributed by atoms with Crippen molar-refractivity contribution in [1.29, 1.82) is 0 Å². The van der Waals surface area contributed by atoms with Gasteiger partial charge in [0.2, 0.25) is 0 Å². The van der Waals surface area contributed by atoms with Gasteiger partial charge in [-0.1, -0.05) is 30.3 Å². The summed E-state index contributed by atoms with van der Waals surface area (Å²) in [6, 6.07) is 11.0. The summed E-state index contributed by atoms with van der Waals surface area (Å²) >= 11 is 0. The fourth-order valence-electron chi connectivity index (χ4n) is 3.44. The van der Waals surface area contributed by atoms with Gasteiger partial charge in [-0.3, -0.25) is 0 Å². The molecule has 1 aromatic rings. The summed E-state index contributed by atoms with van der Waals surface area (Å²) in [7, 11) is 6.89. The second kappa shape index (κ2) is 11.6. The monoisotopic (exact) mass is 448 g/mol. The summed E-state index contributed by atoms with van der Waals surface area (Å²) in [5.41, 5.74) is 1.51. The maximum absolute atomic E-state index is 2.30. The van der Waals surface area contributed by atoms with Crippen LogP contribution < -0.4 is 38.9 Å². The molecule has 2 rings (SSSR count). The van der Waals surface area contributed by atoms with Crippen LogP contribution in [0.2, 0.25) is 0 Å². The maximum atomic E-state index is 2.30. The Hall–Kier alpha value is 0.1000. The fourth-order valence-corrected chi connectivity index (χ4v) is 3.44. The van der Waals surface area contributed by atoms with E-state index < -0.39 is 0 Å². The molecule has 0 spiro atoms. The molecule has 0 atom stereocenters. The number of halogens is 2. The highest BCUT2D eigenvalue weighted by molar-refractivity contribution is 5.14. The van der Waals surface area contributed by atoms with Gasteiger partial charge in [0.05, 0.1) is 47.3 Å². The van der Waals surface area contributed by atoms with Crippen molar-refractivity contribution in [2.45, 2.75) is 32.1 Å². The Morgan fingerprint density at radius 2 is 1.61 bits per heavy atom. The molecule has 4 heteroatoms. The average molecular weight is 450 g/mol. The number of hydrogen-bond acceptors (Lipinski definition) is 0.